The molecule has 0 radical (unpaired) electrons. The van der Waals surface area contributed by atoms with Crippen LogP contribution in [0.5, 0.6) is 5.75 Å². The van der Waals surface area contributed by atoms with Crippen molar-refractivity contribution >= 4 is 5.97 Å². The third kappa shape index (κ3) is 2.76. The Morgan fingerprint density at radius 1 is 1.19 bits per heavy atom. The summed E-state index contributed by atoms with van der Waals surface area (Å²) in [5.74, 6) is -0.626. The molecule has 0 amide bonds. The number of hydrogen-bond donors (Lipinski definition) is 2. The standard InChI is InChI=1S/C17H17NO3/c19-14-6-3-4-12(10-14)11-18-9-8-13-5-1-2-7-15(13)16(18)17(20)21/h1-7,10,16,19H,8-9,11H2,(H,20,21). The Kier molecular flexibility index (Phi) is 3.62. The molecular formula is C17H17NO3. The number of benzene rings is 2. The van der Waals surface area contributed by atoms with E-state index in [4.69, 9.17) is 0 Å². The van der Waals surface area contributed by atoms with Gasteiger partial charge in [0.25, 0.3) is 0 Å². The molecule has 21 heavy (non-hydrogen) atoms. The van der Waals surface area contributed by atoms with Crippen molar-refractivity contribution in [1.29, 1.82) is 0 Å². The van der Waals surface area contributed by atoms with E-state index in [0.717, 1.165) is 23.1 Å². The van der Waals surface area contributed by atoms with Gasteiger partial charge in [0.15, 0.2) is 0 Å². The Morgan fingerprint density at radius 2 is 2.00 bits per heavy atom. The topological polar surface area (TPSA) is 60.8 Å². The van der Waals surface area contributed by atoms with Crippen molar-refractivity contribution in [3.8, 4) is 5.75 Å². The van der Waals surface area contributed by atoms with Gasteiger partial charge in [-0.3, -0.25) is 9.69 Å². The molecule has 1 aliphatic rings. The fraction of sp³-hybridized carbons (Fsp3) is 0.235. The Morgan fingerprint density at radius 3 is 2.76 bits per heavy atom. The van der Waals surface area contributed by atoms with Crippen molar-refractivity contribution in [2.75, 3.05) is 6.54 Å². The first-order valence-electron chi connectivity index (χ1n) is 6.98. The maximum atomic E-state index is 11.7. The molecule has 2 N–H and O–H groups in total. The van der Waals surface area contributed by atoms with E-state index in [2.05, 4.69) is 0 Å². The first-order valence-corrected chi connectivity index (χ1v) is 6.98. The summed E-state index contributed by atoms with van der Waals surface area (Å²) in [7, 11) is 0. The van der Waals surface area contributed by atoms with Gasteiger partial charge in [0.1, 0.15) is 11.8 Å². The number of carboxylic acids is 1. The van der Waals surface area contributed by atoms with Crippen LogP contribution in [0.15, 0.2) is 48.5 Å². The van der Waals surface area contributed by atoms with E-state index in [1.807, 2.05) is 35.2 Å². The molecule has 2 aromatic carbocycles. The Hall–Kier alpha value is -2.33. The third-order valence-electron chi connectivity index (χ3n) is 3.91. The number of carboxylic acid groups (broad SMARTS) is 1. The lowest BCUT2D eigenvalue weighted by Gasteiger charge is -2.34. The molecule has 0 saturated heterocycles. The van der Waals surface area contributed by atoms with E-state index in [1.54, 1.807) is 18.2 Å². The molecule has 0 saturated carbocycles. The van der Waals surface area contributed by atoms with Crippen LogP contribution in [0.2, 0.25) is 0 Å². The van der Waals surface area contributed by atoms with E-state index >= 15 is 0 Å². The van der Waals surface area contributed by atoms with Gasteiger partial charge in [-0.1, -0.05) is 36.4 Å². The van der Waals surface area contributed by atoms with Crippen molar-refractivity contribution < 1.29 is 15.0 Å². The molecule has 108 valence electrons. The minimum atomic E-state index is -0.831. The normalized spacial score (nSPS) is 18.2. The van der Waals surface area contributed by atoms with E-state index in [0.29, 0.717) is 13.1 Å². The number of aliphatic carboxylic acids is 1. The van der Waals surface area contributed by atoms with E-state index in [9.17, 15) is 15.0 Å². The van der Waals surface area contributed by atoms with Crippen LogP contribution in [0.1, 0.15) is 22.7 Å². The Labute approximate surface area is 123 Å². The summed E-state index contributed by atoms with van der Waals surface area (Å²) in [6.45, 7) is 1.21. The van der Waals surface area contributed by atoms with Crippen molar-refractivity contribution in [3.05, 3.63) is 65.2 Å². The molecule has 2 aromatic rings. The lowest BCUT2D eigenvalue weighted by Crippen LogP contribution is -2.39. The summed E-state index contributed by atoms with van der Waals surface area (Å²) in [5, 5.41) is 19.1. The summed E-state index contributed by atoms with van der Waals surface area (Å²) >= 11 is 0. The predicted octanol–water partition coefficient (Wildman–Crippen LogP) is 2.58. The number of aromatic hydroxyl groups is 1. The average Bonchev–Trinajstić information content (AvgIpc) is 2.46. The highest BCUT2D eigenvalue weighted by Gasteiger charge is 2.32. The number of carbonyl (C=O) groups is 1. The lowest BCUT2D eigenvalue weighted by molar-refractivity contribution is -0.144. The van der Waals surface area contributed by atoms with Gasteiger partial charge in [0.2, 0.25) is 0 Å². The van der Waals surface area contributed by atoms with Gasteiger partial charge in [-0.15, -0.1) is 0 Å². The molecule has 0 spiro atoms. The van der Waals surface area contributed by atoms with Crippen LogP contribution < -0.4 is 0 Å². The second-order valence-electron chi connectivity index (χ2n) is 5.33. The quantitative estimate of drug-likeness (QED) is 0.909. The molecule has 1 unspecified atom stereocenters. The highest BCUT2D eigenvalue weighted by molar-refractivity contribution is 5.76. The van der Waals surface area contributed by atoms with Crippen LogP contribution in [0.4, 0.5) is 0 Å². The van der Waals surface area contributed by atoms with Gasteiger partial charge in [0.05, 0.1) is 0 Å². The molecule has 0 aromatic heterocycles. The van der Waals surface area contributed by atoms with Crippen LogP contribution in [0.3, 0.4) is 0 Å². The third-order valence-corrected chi connectivity index (χ3v) is 3.91. The Bertz CT molecular complexity index is 669. The van der Waals surface area contributed by atoms with Crippen LogP contribution in [-0.4, -0.2) is 27.6 Å². The zero-order valence-electron chi connectivity index (χ0n) is 11.6. The fourth-order valence-electron chi connectivity index (χ4n) is 2.97. The van der Waals surface area contributed by atoms with Gasteiger partial charge in [-0.05, 0) is 35.2 Å². The van der Waals surface area contributed by atoms with Gasteiger partial charge in [-0.25, -0.2) is 0 Å². The van der Waals surface area contributed by atoms with Crippen LogP contribution in [-0.2, 0) is 17.8 Å². The summed E-state index contributed by atoms with van der Waals surface area (Å²) in [6.07, 6.45) is 0.846. The highest BCUT2D eigenvalue weighted by Crippen LogP contribution is 2.31. The molecule has 0 fully saturated rings. The molecule has 1 atom stereocenters. The van der Waals surface area contributed by atoms with E-state index in [1.165, 1.54) is 0 Å². The van der Waals surface area contributed by atoms with E-state index in [-0.39, 0.29) is 5.75 Å². The second kappa shape index (κ2) is 5.58. The van der Waals surface area contributed by atoms with Crippen LogP contribution in [0.25, 0.3) is 0 Å². The second-order valence-corrected chi connectivity index (χ2v) is 5.33. The van der Waals surface area contributed by atoms with Gasteiger partial charge in [-0.2, -0.15) is 0 Å². The Balaban J connectivity index is 1.91. The minimum absolute atomic E-state index is 0.205. The van der Waals surface area contributed by atoms with Gasteiger partial charge >= 0.3 is 5.97 Å². The summed E-state index contributed by atoms with van der Waals surface area (Å²) in [6, 6.07) is 14.1. The van der Waals surface area contributed by atoms with Crippen molar-refractivity contribution in [3.63, 3.8) is 0 Å². The number of fused-ring (bicyclic) bond motifs is 1. The lowest BCUT2D eigenvalue weighted by atomic mass is 9.92. The smallest absolute Gasteiger partial charge is 0.325 e. The fourth-order valence-corrected chi connectivity index (χ4v) is 2.97. The average molecular weight is 283 g/mol. The van der Waals surface area contributed by atoms with Gasteiger partial charge < -0.3 is 10.2 Å². The molecule has 0 aliphatic carbocycles. The largest absolute Gasteiger partial charge is 0.508 e. The van der Waals surface area contributed by atoms with Crippen LogP contribution >= 0.6 is 0 Å². The van der Waals surface area contributed by atoms with Crippen molar-refractivity contribution in [2.24, 2.45) is 0 Å². The molecule has 0 bridgehead atoms. The molecular weight excluding hydrogens is 266 g/mol. The summed E-state index contributed by atoms with van der Waals surface area (Å²) < 4.78 is 0. The van der Waals surface area contributed by atoms with Gasteiger partial charge in [0, 0.05) is 13.1 Å². The maximum Gasteiger partial charge on any atom is 0.325 e. The number of phenolic OH excluding ortho intramolecular Hbond substituents is 1. The minimum Gasteiger partial charge on any atom is -0.508 e. The molecule has 3 rings (SSSR count). The zero-order valence-corrected chi connectivity index (χ0v) is 11.6. The number of hydrogen-bond acceptors (Lipinski definition) is 3. The molecule has 4 heteroatoms. The molecule has 4 nitrogen and oxygen atoms in total. The summed E-state index contributed by atoms with van der Waals surface area (Å²) in [5.41, 5.74) is 2.90. The monoisotopic (exact) mass is 283 g/mol. The van der Waals surface area contributed by atoms with Crippen molar-refractivity contribution in [2.45, 2.75) is 19.0 Å². The number of phenols is 1. The predicted molar refractivity (Wildman–Crippen MR) is 79.0 cm³/mol. The van der Waals surface area contributed by atoms with Crippen LogP contribution in [0, 0.1) is 0 Å². The van der Waals surface area contributed by atoms with E-state index < -0.39 is 12.0 Å². The summed E-state index contributed by atoms with van der Waals surface area (Å²) in [4.78, 5) is 13.6. The first kappa shape index (κ1) is 13.6. The molecule has 1 aliphatic heterocycles. The van der Waals surface area contributed by atoms with Crippen molar-refractivity contribution in [1.82, 2.24) is 4.90 Å². The first-order chi connectivity index (χ1) is 10.1. The number of rotatable bonds is 3. The zero-order chi connectivity index (χ0) is 14.8. The highest BCUT2D eigenvalue weighted by atomic mass is 16.4. The maximum absolute atomic E-state index is 11.7. The molecule has 1 heterocycles. The number of nitrogens with zero attached hydrogens (tertiary/aromatic N) is 1. The SMILES string of the molecule is O=C(O)C1c2ccccc2CCN1Cc1cccc(O)c1.